The van der Waals surface area contributed by atoms with Gasteiger partial charge in [-0.15, -0.1) is 0 Å². The van der Waals surface area contributed by atoms with Crippen LogP contribution in [0.4, 0.5) is 0 Å². The highest BCUT2D eigenvalue weighted by molar-refractivity contribution is 5.76. The van der Waals surface area contributed by atoms with E-state index in [0.29, 0.717) is 13.0 Å². The van der Waals surface area contributed by atoms with Gasteiger partial charge in [-0.05, 0) is 18.2 Å². The van der Waals surface area contributed by atoms with Gasteiger partial charge in [-0.1, -0.05) is 24.3 Å². The summed E-state index contributed by atoms with van der Waals surface area (Å²) < 4.78 is 0. The summed E-state index contributed by atoms with van der Waals surface area (Å²) in [5.74, 6) is 0.0864. The Morgan fingerprint density at radius 1 is 1.24 bits per heavy atom. The van der Waals surface area contributed by atoms with Crippen LogP contribution in [0.5, 0.6) is 0 Å². The number of aliphatic hydroxyl groups excluding tert-OH is 1. The van der Waals surface area contributed by atoms with Crippen LogP contribution in [0.25, 0.3) is 0 Å². The number of carbonyl (C=O) groups is 1. The van der Waals surface area contributed by atoms with Gasteiger partial charge in [-0.2, -0.15) is 0 Å². The van der Waals surface area contributed by atoms with Crippen LogP contribution in [0.1, 0.15) is 17.5 Å². The number of aliphatic hydroxyl groups is 1. The van der Waals surface area contributed by atoms with E-state index in [4.69, 9.17) is 5.11 Å². The maximum absolute atomic E-state index is 11.9. The fourth-order valence-corrected chi connectivity index (χ4v) is 2.46. The first-order valence-electron chi connectivity index (χ1n) is 7.53. The van der Waals surface area contributed by atoms with Crippen molar-refractivity contribution in [2.24, 2.45) is 0 Å². The van der Waals surface area contributed by atoms with Crippen molar-refractivity contribution in [1.29, 1.82) is 0 Å². The van der Waals surface area contributed by atoms with Crippen LogP contribution in [0.3, 0.4) is 0 Å². The van der Waals surface area contributed by atoms with Gasteiger partial charge >= 0.3 is 0 Å². The van der Waals surface area contributed by atoms with Crippen molar-refractivity contribution in [3.63, 3.8) is 0 Å². The zero-order valence-electron chi connectivity index (χ0n) is 12.7. The fraction of sp³-hybridized carbons (Fsp3) is 0.562. The minimum Gasteiger partial charge on any atom is -0.392 e. The maximum Gasteiger partial charge on any atom is 0.221 e. The fourth-order valence-electron chi connectivity index (χ4n) is 2.46. The van der Waals surface area contributed by atoms with E-state index < -0.39 is 0 Å². The molecular weight excluding hydrogens is 266 g/mol. The van der Waals surface area contributed by atoms with Crippen LogP contribution >= 0.6 is 0 Å². The molecule has 0 bridgehead atoms. The first kappa shape index (κ1) is 15.9. The van der Waals surface area contributed by atoms with Crippen molar-refractivity contribution in [2.75, 3.05) is 39.8 Å². The van der Waals surface area contributed by atoms with Crippen molar-refractivity contribution in [2.45, 2.75) is 19.6 Å². The molecule has 116 valence electrons. The van der Waals surface area contributed by atoms with E-state index in [1.54, 1.807) is 0 Å². The van der Waals surface area contributed by atoms with Gasteiger partial charge in [-0.25, -0.2) is 0 Å². The van der Waals surface area contributed by atoms with Crippen molar-refractivity contribution in [3.05, 3.63) is 35.4 Å². The topological polar surface area (TPSA) is 55.8 Å². The van der Waals surface area contributed by atoms with E-state index in [1.165, 1.54) is 0 Å². The average molecular weight is 291 g/mol. The molecule has 0 spiro atoms. The molecule has 0 atom stereocenters. The zero-order valence-corrected chi connectivity index (χ0v) is 12.7. The SMILES string of the molecule is CN1CCN(CCC(=O)NCc2cccc(CO)c2)CC1. The molecule has 2 rings (SSSR count). The largest absolute Gasteiger partial charge is 0.392 e. The molecule has 1 saturated heterocycles. The third-order valence-corrected chi connectivity index (χ3v) is 3.91. The Hall–Kier alpha value is -1.43. The van der Waals surface area contributed by atoms with Gasteiger partial charge in [0.15, 0.2) is 0 Å². The minimum absolute atomic E-state index is 0.0329. The molecule has 1 aliphatic heterocycles. The smallest absolute Gasteiger partial charge is 0.221 e. The number of nitrogens with zero attached hydrogens (tertiary/aromatic N) is 2. The van der Waals surface area contributed by atoms with Crippen LogP contribution in [-0.2, 0) is 17.9 Å². The van der Waals surface area contributed by atoms with Gasteiger partial charge in [0.2, 0.25) is 5.91 Å². The third-order valence-electron chi connectivity index (χ3n) is 3.91. The van der Waals surface area contributed by atoms with E-state index in [0.717, 1.165) is 43.9 Å². The lowest BCUT2D eigenvalue weighted by atomic mass is 10.1. The second-order valence-electron chi connectivity index (χ2n) is 5.65. The maximum atomic E-state index is 11.9. The van der Waals surface area contributed by atoms with Crippen molar-refractivity contribution >= 4 is 5.91 Å². The van der Waals surface area contributed by atoms with Crippen LogP contribution in [0.2, 0.25) is 0 Å². The molecule has 0 unspecified atom stereocenters. The first-order chi connectivity index (χ1) is 10.2. The lowest BCUT2D eigenvalue weighted by Gasteiger charge is -2.32. The van der Waals surface area contributed by atoms with Gasteiger partial charge in [0.05, 0.1) is 6.61 Å². The number of hydrogen-bond acceptors (Lipinski definition) is 4. The van der Waals surface area contributed by atoms with E-state index in [9.17, 15) is 4.79 Å². The average Bonchev–Trinajstić information content (AvgIpc) is 2.52. The first-order valence-corrected chi connectivity index (χ1v) is 7.53. The lowest BCUT2D eigenvalue weighted by molar-refractivity contribution is -0.121. The number of rotatable bonds is 6. The number of hydrogen-bond donors (Lipinski definition) is 2. The molecule has 1 aliphatic rings. The summed E-state index contributed by atoms with van der Waals surface area (Å²) in [5, 5.41) is 12.0. The van der Waals surface area contributed by atoms with Gasteiger partial charge in [0.25, 0.3) is 0 Å². The highest BCUT2D eigenvalue weighted by atomic mass is 16.3. The van der Waals surface area contributed by atoms with E-state index in [1.807, 2.05) is 24.3 Å². The highest BCUT2D eigenvalue weighted by Crippen LogP contribution is 2.05. The number of carbonyl (C=O) groups excluding carboxylic acids is 1. The summed E-state index contributed by atoms with van der Waals surface area (Å²) in [5.41, 5.74) is 1.90. The summed E-state index contributed by atoms with van der Waals surface area (Å²) in [6.07, 6.45) is 0.545. The number of benzene rings is 1. The molecular formula is C16H25N3O2. The molecule has 21 heavy (non-hydrogen) atoms. The number of piperazine rings is 1. The van der Waals surface area contributed by atoms with Crippen molar-refractivity contribution in [3.8, 4) is 0 Å². The normalized spacial score (nSPS) is 16.9. The Kier molecular flexibility index (Phi) is 6.17. The second kappa shape index (κ2) is 8.12. The molecule has 5 nitrogen and oxygen atoms in total. The molecule has 1 aromatic carbocycles. The lowest BCUT2D eigenvalue weighted by Crippen LogP contribution is -2.45. The van der Waals surface area contributed by atoms with Gasteiger partial charge < -0.3 is 20.2 Å². The van der Waals surface area contributed by atoms with Crippen LogP contribution in [-0.4, -0.2) is 60.6 Å². The van der Waals surface area contributed by atoms with Crippen LogP contribution in [0, 0.1) is 0 Å². The Balaban J connectivity index is 1.67. The van der Waals surface area contributed by atoms with Crippen molar-refractivity contribution < 1.29 is 9.90 Å². The molecule has 1 heterocycles. The second-order valence-corrected chi connectivity index (χ2v) is 5.65. The molecule has 0 aromatic heterocycles. The third kappa shape index (κ3) is 5.46. The predicted octanol–water partition coefficient (Wildman–Crippen LogP) is 0.433. The molecule has 2 N–H and O–H groups in total. The number of nitrogens with one attached hydrogen (secondary N) is 1. The Morgan fingerprint density at radius 2 is 1.95 bits per heavy atom. The molecule has 0 saturated carbocycles. The molecule has 5 heteroatoms. The van der Waals surface area contributed by atoms with E-state index in [-0.39, 0.29) is 12.5 Å². The highest BCUT2D eigenvalue weighted by Gasteiger charge is 2.14. The zero-order chi connectivity index (χ0) is 15.1. The monoisotopic (exact) mass is 291 g/mol. The summed E-state index contributed by atoms with van der Waals surface area (Å²) >= 11 is 0. The summed E-state index contributed by atoms with van der Waals surface area (Å²) in [6.45, 7) is 5.63. The standard InChI is InChI=1S/C16H25N3O2/c1-18-7-9-19(10-8-18)6-5-16(21)17-12-14-3-2-4-15(11-14)13-20/h2-4,11,20H,5-10,12-13H2,1H3,(H,17,21). The van der Waals surface area contributed by atoms with Gasteiger partial charge in [0.1, 0.15) is 0 Å². The number of amides is 1. The van der Waals surface area contributed by atoms with Crippen LogP contribution in [0.15, 0.2) is 24.3 Å². The quantitative estimate of drug-likeness (QED) is 0.798. The number of likely N-dealkylation sites (N-methyl/N-ethyl adjacent to an activating group) is 1. The summed E-state index contributed by atoms with van der Waals surface area (Å²) in [7, 11) is 2.13. The van der Waals surface area contributed by atoms with Gasteiger partial charge in [0, 0.05) is 45.7 Å². The van der Waals surface area contributed by atoms with E-state index >= 15 is 0 Å². The Morgan fingerprint density at radius 3 is 2.67 bits per heavy atom. The molecule has 1 aromatic rings. The van der Waals surface area contributed by atoms with Crippen molar-refractivity contribution in [1.82, 2.24) is 15.1 Å². The molecule has 1 amide bonds. The molecule has 0 radical (unpaired) electrons. The molecule has 1 fully saturated rings. The molecule has 0 aliphatic carbocycles. The summed E-state index contributed by atoms with van der Waals surface area (Å²) in [4.78, 5) is 16.5. The summed E-state index contributed by atoms with van der Waals surface area (Å²) in [6, 6.07) is 7.65. The predicted molar refractivity (Wildman–Crippen MR) is 82.8 cm³/mol. The minimum atomic E-state index is 0.0329. The Bertz CT molecular complexity index is 457. The Labute approximate surface area is 126 Å². The van der Waals surface area contributed by atoms with Gasteiger partial charge in [-0.3, -0.25) is 4.79 Å². The van der Waals surface area contributed by atoms with E-state index in [2.05, 4.69) is 22.2 Å². The van der Waals surface area contributed by atoms with Crippen LogP contribution < -0.4 is 5.32 Å².